The molecule has 0 saturated carbocycles. The minimum atomic E-state index is -0.295. The van der Waals surface area contributed by atoms with Crippen molar-refractivity contribution in [2.75, 3.05) is 24.7 Å². The van der Waals surface area contributed by atoms with E-state index in [-0.39, 0.29) is 11.7 Å². The molecule has 0 aliphatic rings. The smallest absolute Gasteiger partial charge is 0.316 e. The molecule has 0 unspecified atom stereocenters. The molecular weight excluding hydrogens is 254 g/mol. The van der Waals surface area contributed by atoms with Crippen molar-refractivity contribution in [2.45, 2.75) is 11.9 Å². The lowest BCUT2D eigenvalue weighted by molar-refractivity contribution is -0.137. The average Bonchev–Trinajstić information content (AvgIpc) is 2.84. The maximum absolute atomic E-state index is 11.1. The number of imidazole rings is 1. The quantitative estimate of drug-likeness (QED) is 0.475. The number of rotatable bonds is 5. The lowest BCUT2D eigenvalue weighted by atomic mass is 10.5. The number of nitrogens with one attached hydrogen (secondary N) is 2. The molecule has 7 nitrogen and oxygen atoms in total. The zero-order valence-electron chi connectivity index (χ0n) is 10.1. The van der Waals surface area contributed by atoms with Crippen molar-refractivity contribution >= 4 is 34.8 Å². The highest BCUT2D eigenvalue weighted by molar-refractivity contribution is 8.00. The first kappa shape index (κ1) is 12.6. The van der Waals surface area contributed by atoms with Crippen LogP contribution in [0.3, 0.4) is 0 Å². The highest BCUT2D eigenvalue weighted by atomic mass is 32.2. The van der Waals surface area contributed by atoms with Gasteiger partial charge in [-0.15, -0.1) is 0 Å². The molecule has 0 radical (unpaired) electrons. The van der Waals surface area contributed by atoms with Crippen molar-refractivity contribution < 1.29 is 9.53 Å². The molecule has 0 aliphatic heterocycles. The Kier molecular flexibility index (Phi) is 3.98. The van der Waals surface area contributed by atoms with E-state index < -0.39 is 0 Å². The third-order valence-corrected chi connectivity index (χ3v) is 3.09. The summed E-state index contributed by atoms with van der Waals surface area (Å²) in [6, 6.07) is 0. The van der Waals surface area contributed by atoms with Crippen LogP contribution in [-0.4, -0.2) is 45.3 Å². The average molecular weight is 267 g/mol. The molecule has 0 fully saturated rings. The van der Waals surface area contributed by atoms with E-state index in [0.717, 1.165) is 12.1 Å². The predicted octanol–water partition coefficient (Wildman–Crippen LogP) is 1.05. The van der Waals surface area contributed by atoms with Crippen molar-refractivity contribution in [3.05, 3.63) is 6.33 Å². The zero-order chi connectivity index (χ0) is 13.0. The van der Waals surface area contributed by atoms with Gasteiger partial charge < -0.3 is 15.0 Å². The van der Waals surface area contributed by atoms with Crippen LogP contribution in [0.4, 0.5) is 5.95 Å². The van der Waals surface area contributed by atoms with Gasteiger partial charge in [-0.2, -0.15) is 4.98 Å². The van der Waals surface area contributed by atoms with Gasteiger partial charge in [0, 0.05) is 6.54 Å². The van der Waals surface area contributed by atoms with Crippen LogP contribution < -0.4 is 5.32 Å². The number of hydrogen-bond donors (Lipinski definition) is 2. The summed E-state index contributed by atoms with van der Waals surface area (Å²) in [5.74, 6) is 0.411. The predicted molar refractivity (Wildman–Crippen MR) is 68.6 cm³/mol. The fourth-order valence-electron chi connectivity index (χ4n) is 1.33. The summed E-state index contributed by atoms with van der Waals surface area (Å²) in [6.45, 7) is 2.68. The second-order valence-electron chi connectivity index (χ2n) is 3.35. The third-order valence-electron chi connectivity index (χ3n) is 2.14. The molecule has 2 heterocycles. The summed E-state index contributed by atoms with van der Waals surface area (Å²) < 4.78 is 4.60. The minimum absolute atomic E-state index is 0.202. The van der Waals surface area contributed by atoms with Crippen molar-refractivity contribution in [3.63, 3.8) is 0 Å². The van der Waals surface area contributed by atoms with Crippen LogP contribution in [-0.2, 0) is 9.53 Å². The Morgan fingerprint density at radius 3 is 3.11 bits per heavy atom. The maximum Gasteiger partial charge on any atom is 0.316 e. The molecule has 0 saturated heterocycles. The highest BCUT2D eigenvalue weighted by Crippen LogP contribution is 2.24. The van der Waals surface area contributed by atoms with Crippen molar-refractivity contribution in [3.8, 4) is 0 Å². The Bertz CT molecular complexity index is 556. The van der Waals surface area contributed by atoms with Crippen molar-refractivity contribution in [1.29, 1.82) is 0 Å². The van der Waals surface area contributed by atoms with Crippen LogP contribution in [0.2, 0.25) is 0 Å². The summed E-state index contributed by atoms with van der Waals surface area (Å²) >= 11 is 1.29. The van der Waals surface area contributed by atoms with Gasteiger partial charge in [-0.1, -0.05) is 11.8 Å². The van der Waals surface area contributed by atoms with Gasteiger partial charge in [0.25, 0.3) is 0 Å². The Morgan fingerprint density at radius 2 is 2.39 bits per heavy atom. The number of aromatic amines is 1. The first-order valence-corrected chi connectivity index (χ1v) is 6.37. The van der Waals surface area contributed by atoms with Crippen LogP contribution in [0.15, 0.2) is 11.4 Å². The van der Waals surface area contributed by atoms with E-state index in [9.17, 15) is 4.79 Å². The van der Waals surface area contributed by atoms with Gasteiger partial charge >= 0.3 is 5.97 Å². The number of carbonyl (C=O) groups is 1. The van der Waals surface area contributed by atoms with Crippen molar-refractivity contribution in [2.24, 2.45) is 0 Å². The number of thioether (sulfide) groups is 1. The van der Waals surface area contributed by atoms with Gasteiger partial charge in [0.05, 0.1) is 19.2 Å². The number of esters is 1. The first-order valence-electron chi connectivity index (χ1n) is 5.39. The van der Waals surface area contributed by atoms with E-state index in [0.29, 0.717) is 16.6 Å². The number of fused-ring (bicyclic) bond motifs is 1. The van der Waals surface area contributed by atoms with Gasteiger partial charge in [-0.3, -0.25) is 4.79 Å². The number of carbonyl (C=O) groups excluding carboxylic acids is 1. The molecule has 0 atom stereocenters. The molecule has 2 aromatic heterocycles. The Hall–Kier alpha value is -1.83. The molecule has 2 aromatic rings. The molecule has 0 amide bonds. The molecule has 0 spiro atoms. The number of hydrogen-bond acceptors (Lipinski definition) is 7. The number of methoxy groups -OCH3 is 1. The van der Waals surface area contributed by atoms with E-state index in [4.69, 9.17) is 0 Å². The lowest BCUT2D eigenvalue weighted by Gasteiger charge is -2.05. The SMILES string of the molecule is CCNc1nc(SCC(=O)OC)c2[nH]cnc2n1. The molecule has 18 heavy (non-hydrogen) atoms. The van der Waals surface area contributed by atoms with E-state index in [1.165, 1.54) is 18.9 Å². The fourth-order valence-corrected chi connectivity index (χ4v) is 2.15. The normalized spacial score (nSPS) is 10.6. The van der Waals surface area contributed by atoms with Crippen molar-refractivity contribution in [1.82, 2.24) is 19.9 Å². The van der Waals surface area contributed by atoms with Gasteiger partial charge in [0.15, 0.2) is 5.65 Å². The molecule has 0 aromatic carbocycles. The third kappa shape index (κ3) is 2.70. The second kappa shape index (κ2) is 5.67. The van der Waals surface area contributed by atoms with Crippen LogP contribution in [0, 0.1) is 0 Å². The summed E-state index contributed by atoms with van der Waals surface area (Å²) in [4.78, 5) is 26.8. The summed E-state index contributed by atoms with van der Waals surface area (Å²) in [6.07, 6.45) is 1.55. The molecule has 0 bridgehead atoms. The lowest BCUT2D eigenvalue weighted by Crippen LogP contribution is -2.06. The van der Waals surface area contributed by atoms with Gasteiger partial charge in [-0.05, 0) is 6.92 Å². The summed E-state index contributed by atoms with van der Waals surface area (Å²) in [5.41, 5.74) is 1.30. The monoisotopic (exact) mass is 267 g/mol. The summed E-state index contributed by atoms with van der Waals surface area (Å²) in [5, 5.41) is 3.71. The number of aromatic nitrogens is 4. The van der Waals surface area contributed by atoms with Gasteiger partial charge in [0.1, 0.15) is 10.5 Å². The molecule has 8 heteroatoms. The number of anilines is 1. The van der Waals surface area contributed by atoms with E-state index >= 15 is 0 Å². The largest absolute Gasteiger partial charge is 0.468 e. The van der Waals surface area contributed by atoms with E-state index in [1.807, 2.05) is 6.92 Å². The van der Waals surface area contributed by atoms with E-state index in [1.54, 1.807) is 6.33 Å². The molecule has 0 aliphatic carbocycles. The number of nitrogens with zero attached hydrogens (tertiary/aromatic N) is 3. The van der Waals surface area contributed by atoms with Crippen LogP contribution in [0.25, 0.3) is 11.2 Å². The molecule has 2 rings (SSSR count). The Balaban J connectivity index is 2.28. The molecular formula is C10H13N5O2S. The Morgan fingerprint density at radius 1 is 1.56 bits per heavy atom. The van der Waals surface area contributed by atoms with Crippen LogP contribution >= 0.6 is 11.8 Å². The number of ether oxygens (including phenoxy) is 1. The van der Waals surface area contributed by atoms with Gasteiger partial charge in [0.2, 0.25) is 5.95 Å². The Labute approximate surface area is 108 Å². The maximum atomic E-state index is 11.1. The first-order chi connectivity index (χ1) is 8.74. The molecule has 2 N–H and O–H groups in total. The topological polar surface area (TPSA) is 92.8 Å². The zero-order valence-corrected chi connectivity index (χ0v) is 10.9. The van der Waals surface area contributed by atoms with Crippen LogP contribution in [0.5, 0.6) is 0 Å². The molecule has 96 valence electrons. The number of H-pyrrole nitrogens is 1. The van der Waals surface area contributed by atoms with Crippen LogP contribution in [0.1, 0.15) is 6.92 Å². The minimum Gasteiger partial charge on any atom is -0.468 e. The standard InChI is InChI=1S/C10H13N5O2S/c1-3-11-10-14-8-7(12-5-13-8)9(15-10)18-4-6(16)17-2/h5H,3-4H2,1-2H3,(H2,11,12,13,14,15). The second-order valence-corrected chi connectivity index (χ2v) is 4.31. The fraction of sp³-hybridized carbons (Fsp3) is 0.400. The van der Waals surface area contributed by atoms with E-state index in [2.05, 4.69) is 30.0 Å². The highest BCUT2D eigenvalue weighted by Gasteiger charge is 2.12. The summed E-state index contributed by atoms with van der Waals surface area (Å²) in [7, 11) is 1.36. The van der Waals surface area contributed by atoms with Gasteiger partial charge in [-0.25, -0.2) is 9.97 Å².